The van der Waals surface area contributed by atoms with Gasteiger partial charge in [0.15, 0.2) is 0 Å². The Kier molecular flexibility index (Phi) is 7.48. The number of rotatable bonds is 9. The molecule has 3 nitrogen and oxygen atoms in total. The maximum atomic E-state index is 10.5. The van der Waals surface area contributed by atoms with Crippen LogP contribution in [0.2, 0.25) is 0 Å². The van der Waals surface area contributed by atoms with E-state index in [1.165, 1.54) is 16.7 Å². The Hall–Kier alpha value is -1.84. The van der Waals surface area contributed by atoms with E-state index in [1.54, 1.807) is 0 Å². The van der Waals surface area contributed by atoms with E-state index in [4.69, 9.17) is 4.74 Å². The molecule has 0 aliphatic rings. The number of para-hydroxylation sites is 1. The minimum Gasteiger partial charge on any atom is -0.491 e. The first-order valence-corrected chi connectivity index (χ1v) is 9.15. The second-order valence-corrected chi connectivity index (χ2v) is 6.89. The standard InChI is InChI=1S/C22H31NO2/c1-5-19(4)23(14-20-12-11-17(2)13-18(20)3)15-21(24)16-25-22-9-7-6-8-10-22/h6-13,19,21,24H,5,14-16H2,1-4H3. The fourth-order valence-corrected chi connectivity index (χ4v) is 2.93. The lowest BCUT2D eigenvalue weighted by Crippen LogP contribution is -2.40. The molecular weight excluding hydrogens is 310 g/mol. The third kappa shape index (κ3) is 6.18. The average Bonchev–Trinajstić information content (AvgIpc) is 2.61. The number of ether oxygens (including phenoxy) is 1. The van der Waals surface area contributed by atoms with Crippen LogP contribution in [-0.4, -0.2) is 35.3 Å². The van der Waals surface area contributed by atoms with Gasteiger partial charge in [-0.15, -0.1) is 0 Å². The zero-order chi connectivity index (χ0) is 18.2. The van der Waals surface area contributed by atoms with E-state index in [1.807, 2.05) is 30.3 Å². The fourth-order valence-electron chi connectivity index (χ4n) is 2.93. The number of aliphatic hydroxyl groups is 1. The highest BCUT2D eigenvalue weighted by Crippen LogP contribution is 2.17. The Bertz CT molecular complexity index is 642. The van der Waals surface area contributed by atoms with Crippen molar-refractivity contribution in [3.63, 3.8) is 0 Å². The van der Waals surface area contributed by atoms with Crippen LogP contribution in [0.4, 0.5) is 0 Å². The first kappa shape index (κ1) is 19.5. The lowest BCUT2D eigenvalue weighted by molar-refractivity contribution is 0.0505. The molecule has 0 saturated heterocycles. The minimum absolute atomic E-state index is 0.309. The fraction of sp³-hybridized carbons (Fsp3) is 0.455. The molecule has 0 radical (unpaired) electrons. The summed E-state index contributed by atoms with van der Waals surface area (Å²) < 4.78 is 5.70. The molecule has 2 atom stereocenters. The summed E-state index contributed by atoms with van der Waals surface area (Å²) in [4.78, 5) is 2.34. The lowest BCUT2D eigenvalue weighted by Gasteiger charge is -2.31. The van der Waals surface area contributed by atoms with E-state index < -0.39 is 6.10 Å². The number of benzene rings is 2. The van der Waals surface area contributed by atoms with E-state index in [0.717, 1.165) is 18.7 Å². The molecule has 1 N–H and O–H groups in total. The van der Waals surface area contributed by atoms with Crippen LogP contribution in [0, 0.1) is 13.8 Å². The van der Waals surface area contributed by atoms with Gasteiger partial charge in [-0.25, -0.2) is 0 Å². The molecule has 0 aliphatic heterocycles. The van der Waals surface area contributed by atoms with Gasteiger partial charge in [0.05, 0.1) is 0 Å². The summed E-state index contributed by atoms with van der Waals surface area (Å²) in [7, 11) is 0. The first-order chi connectivity index (χ1) is 12.0. The van der Waals surface area contributed by atoms with Crippen molar-refractivity contribution in [3.8, 4) is 5.75 Å². The van der Waals surface area contributed by atoms with E-state index in [0.29, 0.717) is 19.2 Å². The monoisotopic (exact) mass is 341 g/mol. The van der Waals surface area contributed by atoms with E-state index >= 15 is 0 Å². The van der Waals surface area contributed by atoms with Crippen molar-refractivity contribution < 1.29 is 9.84 Å². The van der Waals surface area contributed by atoms with Gasteiger partial charge in [0, 0.05) is 19.1 Å². The number of aryl methyl sites for hydroxylation is 2. The second kappa shape index (κ2) is 9.59. The Labute approximate surface area is 152 Å². The van der Waals surface area contributed by atoms with Gasteiger partial charge >= 0.3 is 0 Å². The molecule has 0 aromatic heterocycles. The van der Waals surface area contributed by atoms with Gasteiger partial charge in [0.2, 0.25) is 0 Å². The molecule has 2 aromatic carbocycles. The summed E-state index contributed by atoms with van der Waals surface area (Å²) in [6.45, 7) is 10.4. The first-order valence-electron chi connectivity index (χ1n) is 9.15. The second-order valence-electron chi connectivity index (χ2n) is 6.89. The van der Waals surface area contributed by atoms with Crippen molar-refractivity contribution in [1.82, 2.24) is 4.90 Å². The summed E-state index contributed by atoms with van der Waals surface area (Å²) in [5, 5.41) is 10.5. The molecule has 25 heavy (non-hydrogen) atoms. The minimum atomic E-state index is -0.514. The number of hydrogen-bond donors (Lipinski definition) is 1. The topological polar surface area (TPSA) is 32.7 Å². The van der Waals surface area contributed by atoms with Gasteiger partial charge in [-0.3, -0.25) is 4.90 Å². The Morgan fingerprint density at radius 1 is 1.08 bits per heavy atom. The molecular formula is C22H31NO2. The van der Waals surface area contributed by atoms with Crippen LogP contribution in [0.25, 0.3) is 0 Å². The van der Waals surface area contributed by atoms with Crippen LogP contribution < -0.4 is 4.74 Å². The normalized spacial score (nSPS) is 13.7. The molecule has 0 heterocycles. The number of nitrogens with zero attached hydrogens (tertiary/aromatic N) is 1. The molecule has 0 amide bonds. The zero-order valence-electron chi connectivity index (χ0n) is 15.9. The van der Waals surface area contributed by atoms with Crippen LogP contribution in [0.15, 0.2) is 48.5 Å². The highest BCUT2D eigenvalue weighted by atomic mass is 16.5. The predicted octanol–water partition coefficient (Wildman–Crippen LogP) is 4.34. The van der Waals surface area contributed by atoms with Crippen LogP contribution >= 0.6 is 0 Å². The summed E-state index contributed by atoms with van der Waals surface area (Å²) in [6.07, 6.45) is 0.539. The van der Waals surface area contributed by atoms with Crippen molar-refractivity contribution in [3.05, 3.63) is 65.2 Å². The lowest BCUT2D eigenvalue weighted by atomic mass is 10.0. The van der Waals surface area contributed by atoms with Crippen molar-refractivity contribution in [2.24, 2.45) is 0 Å². The van der Waals surface area contributed by atoms with Crippen LogP contribution in [-0.2, 0) is 6.54 Å². The number of hydrogen-bond acceptors (Lipinski definition) is 3. The largest absolute Gasteiger partial charge is 0.491 e. The van der Waals surface area contributed by atoms with Gasteiger partial charge in [-0.05, 0) is 50.5 Å². The maximum absolute atomic E-state index is 10.5. The summed E-state index contributed by atoms with van der Waals surface area (Å²) in [5.41, 5.74) is 3.91. The molecule has 3 heteroatoms. The third-order valence-corrected chi connectivity index (χ3v) is 4.72. The Balaban J connectivity index is 1.97. The molecule has 0 fully saturated rings. The smallest absolute Gasteiger partial charge is 0.119 e. The summed E-state index contributed by atoms with van der Waals surface area (Å²) in [6, 6.07) is 16.6. The zero-order valence-corrected chi connectivity index (χ0v) is 15.9. The average molecular weight is 341 g/mol. The Morgan fingerprint density at radius 2 is 1.80 bits per heavy atom. The van der Waals surface area contributed by atoms with Gasteiger partial charge in [0.25, 0.3) is 0 Å². The third-order valence-electron chi connectivity index (χ3n) is 4.72. The van der Waals surface area contributed by atoms with Gasteiger partial charge < -0.3 is 9.84 Å². The molecule has 2 aromatic rings. The van der Waals surface area contributed by atoms with Crippen LogP contribution in [0.3, 0.4) is 0 Å². The van der Waals surface area contributed by atoms with Gasteiger partial charge in [-0.2, -0.15) is 0 Å². The highest BCUT2D eigenvalue weighted by molar-refractivity contribution is 5.30. The van der Waals surface area contributed by atoms with Crippen LogP contribution in [0.5, 0.6) is 5.75 Å². The van der Waals surface area contributed by atoms with Crippen molar-refractivity contribution in [1.29, 1.82) is 0 Å². The molecule has 0 bridgehead atoms. The SMILES string of the molecule is CCC(C)N(Cc1ccc(C)cc1C)CC(O)COc1ccccc1. The van der Waals surface area contributed by atoms with Crippen LogP contribution in [0.1, 0.15) is 37.0 Å². The van der Waals surface area contributed by atoms with E-state index in [2.05, 4.69) is 50.8 Å². The predicted molar refractivity (Wildman–Crippen MR) is 104 cm³/mol. The van der Waals surface area contributed by atoms with Crippen molar-refractivity contribution >= 4 is 0 Å². The maximum Gasteiger partial charge on any atom is 0.119 e. The number of aliphatic hydroxyl groups excluding tert-OH is 1. The highest BCUT2D eigenvalue weighted by Gasteiger charge is 2.18. The van der Waals surface area contributed by atoms with E-state index in [-0.39, 0.29) is 0 Å². The van der Waals surface area contributed by atoms with E-state index in [9.17, 15) is 5.11 Å². The molecule has 2 unspecified atom stereocenters. The quantitative estimate of drug-likeness (QED) is 0.736. The Morgan fingerprint density at radius 3 is 2.44 bits per heavy atom. The summed E-state index contributed by atoms with van der Waals surface area (Å²) in [5.74, 6) is 0.797. The molecule has 2 rings (SSSR count). The molecule has 0 aliphatic carbocycles. The molecule has 0 spiro atoms. The van der Waals surface area contributed by atoms with Gasteiger partial charge in [-0.1, -0.05) is 48.9 Å². The van der Waals surface area contributed by atoms with Crippen molar-refractivity contribution in [2.45, 2.75) is 52.8 Å². The molecule has 136 valence electrons. The molecule has 0 saturated carbocycles. The van der Waals surface area contributed by atoms with Crippen molar-refractivity contribution in [2.75, 3.05) is 13.2 Å². The summed E-state index contributed by atoms with van der Waals surface area (Å²) >= 11 is 0. The van der Waals surface area contributed by atoms with Gasteiger partial charge in [0.1, 0.15) is 18.5 Å².